The molecule has 1 saturated carbocycles. The molecule has 2 aliphatic rings. The Morgan fingerprint density at radius 1 is 1.25 bits per heavy atom. The number of alkyl halides is 1. The molecule has 0 unspecified atom stereocenters. The number of fused-ring (bicyclic) bond motifs is 1. The van der Waals surface area contributed by atoms with E-state index in [0.717, 1.165) is 35.0 Å². The Kier molecular flexibility index (Phi) is 3.24. The van der Waals surface area contributed by atoms with Crippen LogP contribution in [0, 0.1) is 19.3 Å². The van der Waals surface area contributed by atoms with Crippen LogP contribution in [-0.4, -0.2) is 23.6 Å². The number of anilines is 1. The zero-order valence-corrected chi connectivity index (χ0v) is 13.4. The molecular formula is C16H18BrNO2. The number of rotatable bonds is 3. The molecule has 3 nitrogen and oxygen atoms in total. The summed E-state index contributed by atoms with van der Waals surface area (Å²) in [6.07, 6.45) is 3.45. The molecule has 0 spiro atoms. The average Bonchev–Trinajstić information content (AvgIpc) is 2.63. The monoisotopic (exact) mass is 335 g/mol. The number of ketones is 1. The Morgan fingerprint density at radius 3 is 2.50 bits per heavy atom. The quantitative estimate of drug-likeness (QED) is 0.627. The standard InChI is InChI=1S/C16H18BrNO2/c1-10-4-5-12-13(11(10)2)18(15(20)14(12)19)9-16(8-17)6-3-7-16/h4-5H,3,6-9H2,1-2H3. The fourth-order valence-electron chi connectivity index (χ4n) is 3.17. The summed E-state index contributed by atoms with van der Waals surface area (Å²) in [4.78, 5) is 26.2. The van der Waals surface area contributed by atoms with Gasteiger partial charge in [0, 0.05) is 11.9 Å². The van der Waals surface area contributed by atoms with Gasteiger partial charge in [-0.1, -0.05) is 28.4 Å². The van der Waals surface area contributed by atoms with E-state index in [1.54, 1.807) is 11.0 Å². The third kappa shape index (κ3) is 1.85. The van der Waals surface area contributed by atoms with Gasteiger partial charge in [-0.25, -0.2) is 0 Å². The van der Waals surface area contributed by atoms with Crippen LogP contribution in [0.15, 0.2) is 12.1 Å². The van der Waals surface area contributed by atoms with E-state index in [0.29, 0.717) is 12.1 Å². The molecule has 0 saturated heterocycles. The van der Waals surface area contributed by atoms with Crippen LogP contribution in [0.3, 0.4) is 0 Å². The number of aryl methyl sites for hydroxylation is 1. The van der Waals surface area contributed by atoms with Gasteiger partial charge in [0.05, 0.1) is 11.3 Å². The number of hydrogen-bond donors (Lipinski definition) is 0. The van der Waals surface area contributed by atoms with E-state index in [2.05, 4.69) is 15.9 Å². The van der Waals surface area contributed by atoms with Crippen molar-refractivity contribution in [1.29, 1.82) is 0 Å². The van der Waals surface area contributed by atoms with Gasteiger partial charge in [0.15, 0.2) is 0 Å². The zero-order valence-electron chi connectivity index (χ0n) is 11.8. The molecule has 1 aliphatic heterocycles. The number of nitrogens with zero attached hydrogens (tertiary/aromatic N) is 1. The van der Waals surface area contributed by atoms with Gasteiger partial charge in [-0.3, -0.25) is 9.59 Å². The first-order chi connectivity index (χ1) is 9.49. The fourth-order valence-corrected chi connectivity index (χ4v) is 3.91. The van der Waals surface area contributed by atoms with Gasteiger partial charge in [-0.2, -0.15) is 0 Å². The van der Waals surface area contributed by atoms with Crippen molar-refractivity contribution in [2.75, 3.05) is 16.8 Å². The molecule has 0 atom stereocenters. The molecule has 1 aromatic carbocycles. The van der Waals surface area contributed by atoms with Crippen molar-refractivity contribution in [3.8, 4) is 0 Å². The van der Waals surface area contributed by atoms with Crippen molar-refractivity contribution in [2.24, 2.45) is 5.41 Å². The first-order valence-corrected chi connectivity index (χ1v) is 8.14. The summed E-state index contributed by atoms with van der Waals surface area (Å²) in [5.74, 6) is -0.715. The van der Waals surface area contributed by atoms with Crippen LogP contribution in [0.4, 0.5) is 5.69 Å². The van der Waals surface area contributed by atoms with E-state index in [4.69, 9.17) is 0 Å². The molecule has 1 aliphatic carbocycles. The molecule has 3 rings (SSSR count). The van der Waals surface area contributed by atoms with Gasteiger partial charge in [-0.15, -0.1) is 0 Å². The highest BCUT2D eigenvalue weighted by atomic mass is 79.9. The first-order valence-electron chi connectivity index (χ1n) is 7.01. The van der Waals surface area contributed by atoms with Crippen molar-refractivity contribution < 1.29 is 9.59 Å². The third-order valence-electron chi connectivity index (χ3n) is 4.85. The fraction of sp³-hybridized carbons (Fsp3) is 0.500. The average molecular weight is 336 g/mol. The molecule has 1 aromatic rings. The predicted molar refractivity (Wildman–Crippen MR) is 82.7 cm³/mol. The van der Waals surface area contributed by atoms with E-state index >= 15 is 0 Å². The van der Waals surface area contributed by atoms with Gasteiger partial charge in [0.1, 0.15) is 0 Å². The van der Waals surface area contributed by atoms with Crippen LogP contribution in [-0.2, 0) is 4.79 Å². The van der Waals surface area contributed by atoms with Crippen LogP contribution in [0.1, 0.15) is 40.7 Å². The summed E-state index contributed by atoms with van der Waals surface area (Å²) >= 11 is 3.58. The lowest BCUT2D eigenvalue weighted by Crippen LogP contribution is -2.45. The molecule has 4 heteroatoms. The van der Waals surface area contributed by atoms with Gasteiger partial charge >= 0.3 is 0 Å². The Balaban J connectivity index is 2.03. The molecule has 20 heavy (non-hydrogen) atoms. The highest BCUT2D eigenvalue weighted by molar-refractivity contribution is 9.09. The molecule has 1 amide bonds. The second-order valence-electron chi connectivity index (χ2n) is 6.11. The van der Waals surface area contributed by atoms with Crippen LogP contribution >= 0.6 is 15.9 Å². The maximum absolute atomic E-state index is 12.3. The largest absolute Gasteiger partial charge is 0.304 e. The number of benzene rings is 1. The Morgan fingerprint density at radius 2 is 1.95 bits per heavy atom. The maximum atomic E-state index is 12.3. The third-order valence-corrected chi connectivity index (χ3v) is 6.04. The van der Waals surface area contributed by atoms with Gasteiger partial charge < -0.3 is 4.90 Å². The number of halogens is 1. The SMILES string of the molecule is Cc1ccc2c(c1C)N(CC1(CBr)CCC1)C(=O)C2=O. The molecule has 0 aromatic heterocycles. The topological polar surface area (TPSA) is 37.4 Å². The normalized spacial score (nSPS) is 20.1. The summed E-state index contributed by atoms with van der Waals surface area (Å²) in [5, 5.41) is 0.887. The maximum Gasteiger partial charge on any atom is 0.299 e. The van der Waals surface area contributed by atoms with Crippen LogP contribution in [0.2, 0.25) is 0 Å². The highest BCUT2D eigenvalue weighted by Gasteiger charge is 2.44. The van der Waals surface area contributed by atoms with Crippen molar-refractivity contribution in [3.63, 3.8) is 0 Å². The minimum Gasteiger partial charge on any atom is -0.304 e. The Hall–Kier alpha value is -1.16. The number of carbonyl (C=O) groups excluding carboxylic acids is 2. The number of amides is 1. The van der Waals surface area contributed by atoms with E-state index in [1.165, 1.54) is 6.42 Å². The van der Waals surface area contributed by atoms with Crippen molar-refractivity contribution >= 4 is 33.3 Å². The summed E-state index contributed by atoms with van der Waals surface area (Å²) < 4.78 is 0. The number of hydrogen-bond acceptors (Lipinski definition) is 2. The van der Waals surface area contributed by atoms with Crippen LogP contribution in [0.25, 0.3) is 0 Å². The lowest BCUT2D eigenvalue weighted by atomic mass is 9.70. The molecule has 1 fully saturated rings. The summed E-state index contributed by atoms with van der Waals surface area (Å²) in [6.45, 7) is 4.67. The lowest BCUT2D eigenvalue weighted by molar-refractivity contribution is -0.114. The Labute approximate surface area is 127 Å². The van der Waals surface area contributed by atoms with Crippen molar-refractivity contribution in [1.82, 2.24) is 0 Å². The molecular weight excluding hydrogens is 318 g/mol. The second kappa shape index (κ2) is 4.69. The minimum absolute atomic E-state index is 0.147. The molecule has 0 radical (unpaired) electrons. The van der Waals surface area contributed by atoms with Gasteiger partial charge in [-0.05, 0) is 49.3 Å². The number of carbonyl (C=O) groups is 2. The van der Waals surface area contributed by atoms with Gasteiger partial charge in [0.25, 0.3) is 11.7 Å². The highest BCUT2D eigenvalue weighted by Crippen LogP contribution is 2.45. The van der Waals surface area contributed by atoms with E-state index < -0.39 is 0 Å². The summed E-state index contributed by atoms with van der Waals surface area (Å²) in [6, 6.07) is 3.71. The molecule has 106 valence electrons. The van der Waals surface area contributed by atoms with Crippen molar-refractivity contribution in [2.45, 2.75) is 33.1 Å². The van der Waals surface area contributed by atoms with E-state index in [1.807, 2.05) is 19.9 Å². The molecule has 0 bridgehead atoms. The van der Waals surface area contributed by atoms with Crippen LogP contribution < -0.4 is 4.90 Å². The molecule has 0 N–H and O–H groups in total. The van der Waals surface area contributed by atoms with E-state index in [-0.39, 0.29) is 17.1 Å². The smallest absolute Gasteiger partial charge is 0.299 e. The van der Waals surface area contributed by atoms with Crippen LogP contribution in [0.5, 0.6) is 0 Å². The van der Waals surface area contributed by atoms with E-state index in [9.17, 15) is 9.59 Å². The Bertz CT molecular complexity index is 599. The zero-order chi connectivity index (χ0) is 14.5. The number of Topliss-reactive ketones (excluding diaryl/α,β-unsaturated/α-hetero) is 1. The molecule has 1 heterocycles. The second-order valence-corrected chi connectivity index (χ2v) is 6.67. The van der Waals surface area contributed by atoms with Crippen molar-refractivity contribution in [3.05, 3.63) is 28.8 Å². The lowest BCUT2D eigenvalue weighted by Gasteiger charge is -2.43. The summed E-state index contributed by atoms with van der Waals surface area (Å²) in [7, 11) is 0. The minimum atomic E-state index is -0.360. The predicted octanol–water partition coefficient (Wildman–Crippen LogP) is 3.40. The van der Waals surface area contributed by atoms with Gasteiger partial charge in [0.2, 0.25) is 0 Å². The summed E-state index contributed by atoms with van der Waals surface area (Å²) in [5.41, 5.74) is 3.73. The first kappa shape index (κ1) is 13.8.